The van der Waals surface area contributed by atoms with Crippen LogP contribution in [0.1, 0.15) is 11.1 Å². The smallest absolute Gasteiger partial charge is 0.127 e. The molecule has 0 aromatic heterocycles. The maximum Gasteiger partial charge on any atom is 0.127 e. The average Bonchev–Trinajstić information content (AvgIpc) is 3.83. The minimum absolute atomic E-state index is 0.162. The predicted molar refractivity (Wildman–Crippen MR) is 152 cm³/mol. The second-order valence-electron chi connectivity index (χ2n) is 11.1. The zero-order valence-corrected chi connectivity index (χ0v) is 22.7. The lowest BCUT2D eigenvalue weighted by Gasteiger charge is -2.18. The highest BCUT2D eigenvalue weighted by Crippen LogP contribution is 2.38. The summed E-state index contributed by atoms with van der Waals surface area (Å²) in [5.41, 5.74) is 2.26. The normalized spacial score (nSPS) is 23.8. The van der Waals surface area contributed by atoms with Crippen molar-refractivity contribution < 1.29 is 37.9 Å². The Morgan fingerprint density at radius 2 is 1.02 bits per heavy atom. The molecule has 0 bridgehead atoms. The van der Waals surface area contributed by atoms with Crippen molar-refractivity contribution in [3.05, 3.63) is 71.8 Å². The maximum atomic E-state index is 6.33. The summed E-state index contributed by atoms with van der Waals surface area (Å²) in [4.78, 5) is 0. The van der Waals surface area contributed by atoms with Crippen LogP contribution in [0.3, 0.4) is 0 Å². The number of ether oxygens (including phenoxy) is 8. The molecular formula is C33H32O8. The molecule has 4 heterocycles. The fourth-order valence-electron chi connectivity index (χ4n) is 5.07. The monoisotopic (exact) mass is 556 g/mol. The van der Waals surface area contributed by atoms with Crippen LogP contribution in [-0.4, -0.2) is 77.3 Å². The zero-order valence-electron chi connectivity index (χ0n) is 22.7. The van der Waals surface area contributed by atoms with Gasteiger partial charge in [0.2, 0.25) is 0 Å². The Labute approximate surface area is 237 Å². The maximum absolute atomic E-state index is 6.33. The fraction of sp³-hybridized carbons (Fsp3) is 0.394. The van der Waals surface area contributed by atoms with Gasteiger partial charge in [-0.1, -0.05) is 18.2 Å². The van der Waals surface area contributed by atoms with E-state index in [0.29, 0.717) is 32.8 Å². The predicted octanol–water partition coefficient (Wildman–Crippen LogP) is 4.69. The molecule has 0 aliphatic carbocycles. The van der Waals surface area contributed by atoms with Crippen LogP contribution in [0.15, 0.2) is 60.7 Å². The van der Waals surface area contributed by atoms with E-state index in [2.05, 4.69) is 48.5 Å². The number of benzene rings is 4. The summed E-state index contributed by atoms with van der Waals surface area (Å²) in [6.45, 7) is 5.22. The van der Waals surface area contributed by atoms with E-state index in [4.69, 9.17) is 37.9 Å². The molecule has 4 aliphatic heterocycles. The van der Waals surface area contributed by atoms with Crippen LogP contribution in [0.2, 0.25) is 0 Å². The molecule has 0 saturated carbocycles. The number of fused-ring (bicyclic) bond motifs is 2. The Hall–Kier alpha value is -3.56. The van der Waals surface area contributed by atoms with Gasteiger partial charge in [0.15, 0.2) is 0 Å². The van der Waals surface area contributed by atoms with Crippen molar-refractivity contribution in [2.24, 2.45) is 0 Å². The SMILES string of the molecule is c1cc2ccc(OCC3CO3)c(Cc3ccc(OCC4CO4)c4ccc(OCC5CO5)cc34)c2cc1OCC1CO1. The van der Waals surface area contributed by atoms with Crippen LogP contribution in [0, 0.1) is 0 Å². The molecule has 0 spiro atoms. The zero-order chi connectivity index (χ0) is 27.2. The van der Waals surface area contributed by atoms with Crippen LogP contribution in [0.4, 0.5) is 0 Å². The molecule has 41 heavy (non-hydrogen) atoms. The van der Waals surface area contributed by atoms with Crippen molar-refractivity contribution in [2.45, 2.75) is 30.8 Å². The minimum Gasteiger partial charge on any atom is -0.491 e. The highest BCUT2D eigenvalue weighted by Gasteiger charge is 2.26. The third-order valence-electron chi connectivity index (χ3n) is 7.80. The fourth-order valence-corrected chi connectivity index (χ4v) is 5.07. The van der Waals surface area contributed by atoms with Crippen molar-refractivity contribution in [1.29, 1.82) is 0 Å². The van der Waals surface area contributed by atoms with E-state index in [1.807, 2.05) is 12.1 Å². The Kier molecular flexibility index (Phi) is 6.56. The summed E-state index contributed by atoms with van der Waals surface area (Å²) in [5, 5.41) is 4.36. The molecular weight excluding hydrogens is 524 g/mol. The van der Waals surface area contributed by atoms with Crippen molar-refractivity contribution in [3.63, 3.8) is 0 Å². The Bertz CT molecular complexity index is 1560. The molecule has 0 radical (unpaired) electrons. The van der Waals surface area contributed by atoms with E-state index in [1.54, 1.807) is 0 Å². The average molecular weight is 557 g/mol. The van der Waals surface area contributed by atoms with Crippen LogP contribution < -0.4 is 18.9 Å². The first-order valence-corrected chi connectivity index (χ1v) is 14.3. The van der Waals surface area contributed by atoms with Crippen LogP contribution >= 0.6 is 0 Å². The van der Waals surface area contributed by atoms with E-state index in [0.717, 1.165) is 82.1 Å². The van der Waals surface area contributed by atoms with E-state index < -0.39 is 0 Å². The van der Waals surface area contributed by atoms with Crippen molar-refractivity contribution in [2.75, 3.05) is 52.9 Å². The van der Waals surface area contributed by atoms with E-state index in [1.165, 1.54) is 0 Å². The molecule has 4 unspecified atom stereocenters. The van der Waals surface area contributed by atoms with Gasteiger partial charge in [0.05, 0.1) is 26.4 Å². The van der Waals surface area contributed by atoms with Gasteiger partial charge in [0.1, 0.15) is 73.8 Å². The van der Waals surface area contributed by atoms with E-state index in [-0.39, 0.29) is 24.4 Å². The minimum atomic E-state index is 0.162. The second-order valence-corrected chi connectivity index (χ2v) is 11.1. The molecule has 4 aliphatic rings. The highest BCUT2D eigenvalue weighted by molar-refractivity contribution is 5.94. The Morgan fingerprint density at radius 1 is 0.512 bits per heavy atom. The highest BCUT2D eigenvalue weighted by atomic mass is 16.6. The third kappa shape index (κ3) is 6.06. The van der Waals surface area contributed by atoms with Gasteiger partial charge in [0, 0.05) is 17.4 Å². The molecule has 8 rings (SSSR count). The summed E-state index contributed by atoms with van der Waals surface area (Å²) in [6.07, 6.45) is 1.38. The lowest BCUT2D eigenvalue weighted by molar-refractivity contribution is 0.261. The van der Waals surface area contributed by atoms with E-state index in [9.17, 15) is 0 Å². The van der Waals surface area contributed by atoms with Gasteiger partial charge in [-0.3, -0.25) is 0 Å². The van der Waals surface area contributed by atoms with Crippen LogP contribution in [0.5, 0.6) is 23.0 Å². The Balaban J connectivity index is 1.18. The van der Waals surface area contributed by atoms with Crippen LogP contribution in [-0.2, 0) is 25.4 Å². The lowest BCUT2D eigenvalue weighted by Crippen LogP contribution is -2.08. The van der Waals surface area contributed by atoms with Crippen molar-refractivity contribution in [3.8, 4) is 23.0 Å². The number of hydrogen-bond donors (Lipinski definition) is 0. The molecule has 4 atom stereocenters. The Morgan fingerprint density at radius 3 is 1.66 bits per heavy atom. The quantitative estimate of drug-likeness (QED) is 0.207. The molecule has 0 N–H and O–H groups in total. The molecule has 8 heteroatoms. The van der Waals surface area contributed by atoms with Gasteiger partial charge < -0.3 is 37.9 Å². The molecule has 8 nitrogen and oxygen atoms in total. The first-order valence-electron chi connectivity index (χ1n) is 14.3. The van der Waals surface area contributed by atoms with Gasteiger partial charge in [-0.2, -0.15) is 0 Å². The van der Waals surface area contributed by atoms with Crippen molar-refractivity contribution >= 4 is 21.5 Å². The topological polar surface area (TPSA) is 87.0 Å². The summed E-state index contributed by atoms with van der Waals surface area (Å²) in [5.74, 6) is 3.34. The van der Waals surface area contributed by atoms with Crippen molar-refractivity contribution in [1.82, 2.24) is 0 Å². The van der Waals surface area contributed by atoms with Gasteiger partial charge in [-0.15, -0.1) is 0 Å². The number of rotatable bonds is 14. The standard InChI is InChI=1S/C33H32O8/c1-4-22(34-12-24-14-36-24)10-29-20(1)2-7-33(41-19-27-17-39-27)31(29)9-21-3-8-32(40-18-26-16-38-26)28-6-5-23(11-30(21)28)35-13-25-15-37-25/h1-8,10-11,24-27H,9,12-19H2. The summed E-state index contributed by atoms with van der Waals surface area (Å²) < 4.78 is 46.1. The summed E-state index contributed by atoms with van der Waals surface area (Å²) in [7, 11) is 0. The summed E-state index contributed by atoms with van der Waals surface area (Å²) in [6, 6.07) is 20.8. The second kappa shape index (κ2) is 10.7. The van der Waals surface area contributed by atoms with Gasteiger partial charge in [-0.05, 0) is 64.2 Å². The number of epoxide rings is 4. The number of hydrogen-bond acceptors (Lipinski definition) is 8. The van der Waals surface area contributed by atoms with Gasteiger partial charge >= 0.3 is 0 Å². The largest absolute Gasteiger partial charge is 0.491 e. The van der Waals surface area contributed by atoms with Gasteiger partial charge in [0.25, 0.3) is 0 Å². The third-order valence-corrected chi connectivity index (χ3v) is 7.80. The first kappa shape index (κ1) is 25.2. The molecule has 4 aromatic rings. The van der Waals surface area contributed by atoms with Gasteiger partial charge in [-0.25, -0.2) is 0 Å². The first-order chi connectivity index (χ1) is 20.2. The molecule has 4 aromatic carbocycles. The molecule has 212 valence electrons. The molecule has 4 saturated heterocycles. The molecule has 4 fully saturated rings. The molecule has 0 amide bonds. The lowest BCUT2D eigenvalue weighted by atomic mass is 9.93. The van der Waals surface area contributed by atoms with E-state index >= 15 is 0 Å². The summed E-state index contributed by atoms with van der Waals surface area (Å²) >= 11 is 0. The van der Waals surface area contributed by atoms with Crippen LogP contribution in [0.25, 0.3) is 21.5 Å².